The van der Waals surface area contributed by atoms with Gasteiger partial charge in [0.25, 0.3) is 0 Å². The molecule has 0 spiro atoms. The Morgan fingerprint density at radius 2 is 1.90 bits per heavy atom. The van der Waals surface area contributed by atoms with Gasteiger partial charge >= 0.3 is 0 Å². The standard InChI is InChI=1S/C19H28O/c1-18-9-3-4-16(18)15-6-5-13-12-14(20)7-11-19(13,2)17(15)8-10-18/h5-6,13,15-17H,3-4,7-12H2,1-2H3/t13-,15-,16-,17-,18-,19+/m0/s1. The van der Waals surface area contributed by atoms with Crippen molar-refractivity contribution in [1.82, 2.24) is 0 Å². The number of carbonyl (C=O) groups is 1. The first-order valence-electron chi connectivity index (χ1n) is 8.73. The maximum atomic E-state index is 11.8. The van der Waals surface area contributed by atoms with Crippen LogP contribution >= 0.6 is 0 Å². The average Bonchev–Trinajstić information content (AvgIpc) is 2.81. The zero-order chi connectivity index (χ0) is 14.0. The van der Waals surface area contributed by atoms with Crippen LogP contribution in [0.5, 0.6) is 0 Å². The van der Waals surface area contributed by atoms with Gasteiger partial charge in [0.1, 0.15) is 5.78 Å². The first-order valence-corrected chi connectivity index (χ1v) is 8.73. The molecular formula is C19H28O. The Bertz CT molecular complexity index is 464. The molecule has 4 rings (SSSR count). The van der Waals surface area contributed by atoms with E-state index in [1.54, 1.807) is 0 Å². The summed E-state index contributed by atoms with van der Waals surface area (Å²) in [5.74, 6) is 3.62. The van der Waals surface area contributed by atoms with Gasteiger partial charge in [-0.05, 0) is 66.6 Å². The Hall–Kier alpha value is -0.590. The van der Waals surface area contributed by atoms with Gasteiger partial charge in [0.05, 0.1) is 0 Å². The van der Waals surface area contributed by atoms with Crippen LogP contribution in [-0.2, 0) is 4.79 Å². The lowest BCUT2D eigenvalue weighted by Crippen LogP contribution is -2.50. The normalized spacial score (nSPS) is 54.2. The zero-order valence-corrected chi connectivity index (χ0v) is 13.0. The van der Waals surface area contributed by atoms with Crippen LogP contribution in [0.15, 0.2) is 12.2 Å². The van der Waals surface area contributed by atoms with Crippen LogP contribution in [0, 0.1) is 34.5 Å². The lowest BCUT2D eigenvalue weighted by molar-refractivity contribution is -0.128. The molecule has 0 aromatic rings. The summed E-state index contributed by atoms with van der Waals surface area (Å²) in [6.07, 6.45) is 15.0. The molecule has 1 nitrogen and oxygen atoms in total. The van der Waals surface area contributed by atoms with Gasteiger partial charge in [0.2, 0.25) is 0 Å². The molecule has 3 saturated carbocycles. The fraction of sp³-hybridized carbons (Fsp3) is 0.842. The van der Waals surface area contributed by atoms with Crippen molar-refractivity contribution in [3.8, 4) is 0 Å². The molecule has 0 saturated heterocycles. The van der Waals surface area contributed by atoms with Crippen molar-refractivity contribution < 1.29 is 4.79 Å². The Morgan fingerprint density at radius 1 is 1.05 bits per heavy atom. The van der Waals surface area contributed by atoms with Gasteiger partial charge in [-0.1, -0.05) is 32.4 Å². The predicted octanol–water partition coefficient (Wildman–Crippen LogP) is 4.76. The molecule has 0 aliphatic heterocycles. The molecule has 0 bridgehead atoms. The third-order valence-corrected chi connectivity index (χ3v) is 7.76. The van der Waals surface area contributed by atoms with Crippen LogP contribution in [0.3, 0.4) is 0 Å². The van der Waals surface area contributed by atoms with Gasteiger partial charge in [0.15, 0.2) is 0 Å². The fourth-order valence-corrected chi connectivity index (χ4v) is 6.41. The van der Waals surface area contributed by atoms with E-state index in [9.17, 15) is 4.79 Å². The molecule has 20 heavy (non-hydrogen) atoms. The van der Waals surface area contributed by atoms with Crippen molar-refractivity contribution in [2.45, 2.75) is 65.2 Å². The van der Waals surface area contributed by atoms with Gasteiger partial charge in [0, 0.05) is 12.8 Å². The number of hydrogen-bond donors (Lipinski definition) is 0. The summed E-state index contributed by atoms with van der Waals surface area (Å²) in [7, 11) is 0. The first kappa shape index (κ1) is 13.1. The molecule has 1 heteroatoms. The molecule has 0 N–H and O–H groups in total. The lowest BCUT2D eigenvalue weighted by atomic mass is 9.47. The lowest BCUT2D eigenvalue weighted by Gasteiger charge is -2.57. The van der Waals surface area contributed by atoms with Gasteiger partial charge in [-0.2, -0.15) is 0 Å². The van der Waals surface area contributed by atoms with Crippen LogP contribution in [0.4, 0.5) is 0 Å². The Balaban J connectivity index is 1.70. The molecule has 0 radical (unpaired) electrons. The van der Waals surface area contributed by atoms with E-state index in [1.165, 1.54) is 32.1 Å². The van der Waals surface area contributed by atoms with E-state index in [0.29, 0.717) is 22.5 Å². The maximum absolute atomic E-state index is 11.8. The van der Waals surface area contributed by atoms with Gasteiger partial charge in [-0.25, -0.2) is 0 Å². The third-order valence-electron chi connectivity index (χ3n) is 7.76. The SMILES string of the molecule is C[C@@]12CCC[C@H]1[C@@H]1C=C[C@H]3CC(=O)CC[C@@]3(C)[C@H]1CC2. The summed E-state index contributed by atoms with van der Waals surface area (Å²) in [4.78, 5) is 11.8. The fourth-order valence-electron chi connectivity index (χ4n) is 6.41. The van der Waals surface area contributed by atoms with Crippen LogP contribution < -0.4 is 0 Å². The molecule has 0 amide bonds. The summed E-state index contributed by atoms with van der Waals surface area (Å²) in [5, 5.41) is 0. The van der Waals surface area contributed by atoms with Crippen molar-refractivity contribution in [1.29, 1.82) is 0 Å². The monoisotopic (exact) mass is 272 g/mol. The second kappa shape index (κ2) is 4.21. The molecule has 6 atom stereocenters. The topological polar surface area (TPSA) is 17.1 Å². The van der Waals surface area contributed by atoms with E-state index < -0.39 is 0 Å². The van der Waals surface area contributed by atoms with Crippen LogP contribution in [0.2, 0.25) is 0 Å². The molecule has 4 aliphatic rings. The Kier molecular flexibility index (Phi) is 2.76. The second-order valence-electron chi connectivity index (χ2n) is 8.62. The highest BCUT2D eigenvalue weighted by Crippen LogP contribution is 2.64. The number of fused-ring (bicyclic) bond motifs is 5. The van der Waals surface area contributed by atoms with Crippen molar-refractivity contribution in [2.75, 3.05) is 0 Å². The minimum atomic E-state index is 0.414. The number of allylic oxidation sites excluding steroid dienone is 2. The molecule has 0 aromatic carbocycles. The molecule has 110 valence electrons. The summed E-state index contributed by atoms with van der Waals surface area (Å²) >= 11 is 0. The molecule has 0 heterocycles. The number of hydrogen-bond acceptors (Lipinski definition) is 1. The minimum absolute atomic E-state index is 0.414. The molecule has 3 fully saturated rings. The first-order chi connectivity index (χ1) is 9.53. The Labute approximate surface area is 123 Å². The van der Waals surface area contributed by atoms with Crippen molar-refractivity contribution in [3.63, 3.8) is 0 Å². The summed E-state index contributed by atoms with van der Waals surface area (Å²) in [5.41, 5.74) is 1.04. The highest BCUT2D eigenvalue weighted by atomic mass is 16.1. The average molecular weight is 272 g/mol. The minimum Gasteiger partial charge on any atom is -0.300 e. The van der Waals surface area contributed by atoms with E-state index in [-0.39, 0.29) is 0 Å². The van der Waals surface area contributed by atoms with Gasteiger partial charge < -0.3 is 0 Å². The third kappa shape index (κ3) is 1.64. The summed E-state index contributed by atoms with van der Waals surface area (Å²) in [6.45, 7) is 5.05. The van der Waals surface area contributed by atoms with E-state index in [0.717, 1.165) is 37.0 Å². The summed E-state index contributed by atoms with van der Waals surface area (Å²) < 4.78 is 0. The van der Waals surface area contributed by atoms with Crippen molar-refractivity contribution in [3.05, 3.63) is 12.2 Å². The van der Waals surface area contributed by atoms with E-state index in [2.05, 4.69) is 26.0 Å². The molecular weight excluding hydrogens is 244 g/mol. The molecule has 0 unspecified atom stereocenters. The number of Topliss-reactive ketones (excluding diaryl/α,β-unsaturated/α-hetero) is 1. The predicted molar refractivity (Wildman–Crippen MR) is 81.3 cm³/mol. The highest BCUT2D eigenvalue weighted by molar-refractivity contribution is 5.80. The van der Waals surface area contributed by atoms with Crippen molar-refractivity contribution >= 4 is 5.78 Å². The Morgan fingerprint density at radius 3 is 2.75 bits per heavy atom. The van der Waals surface area contributed by atoms with Gasteiger partial charge in [-0.3, -0.25) is 4.79 Å². The van der Waals surface area contributed by atoms with Gasteiger partial charge in [-0.15, -0.1) is 0 Å². The molecule has 0 aromatic heterocycles. The number of rotatable bonds is 0. The molecule has 4 aliphatic carbocycles. The second-order valence-corrected chi connectivity index (χ2v) is 8.62. The van der Waals surface area contributed by atoms with Crippen LogP contribution in [0.25, 0.3) is 0 Å². The van der Waals surface area contributed by atoms with E-state index in [1.807, 2.05) is 0 Å². The van der Waals surface area contributed by atoms with E-state index in [4.69, 9.17) is 0 Å². The van der Waals surface area contributed by atoms with E-state index >= 15 is 0 Å². The smallest absolute Gasteiger partial charge is 0.133 e. The number of carbonyl (C=O) groups excluding carboxylic acids is 1. The largest absolute Gasteiger partial charge is 0.300 e. The number of ketones is 1. The maximum Gasteiger partial charge on any atom is 0.133 e. The van der Waals surface area contributed by atoms with Crippen molar-refractivity contribution in [2.24, 2.45) is 34.5 Å². The van der Waals surface area contributed by atoms with Crippen LogP contribution in [0.1, 0.15) is 65.2 Å². The highest BCUT2D eigenvalue weighted by Gasteiger charge is 2.56. The van der Waals surface area contributed by atoms with Crippen LogP contribution in [-0.4, -0.2) is 5.78 Å². The zero-order valence-electron chi connectivity index (χ0n) is 13.0. The summed E-state index contributed by atoms with van der Waals surface area (Å²) in [6, 6.07) is 0. The quantitative estimate of drug-likeness (QED) is 0.581.